The van der Waals surface area contributed by atoms with Gasteiger partial charge >= 0.3 is 0 Å². The predicted molar refractivity (Wildman–Crippen MR) is 114 cm³/mol. The van der Waals surface area contributed by atoms with Crippen LogP contribution in [0.15, 0.2) is 59.5 Å². The fourth-order valence-electron chi connectivity index (χ4n) is 3.41. The normalized spacial score (nSPS) is 15.5. The van der Waals surface area contributed by atoms with Gasteiger partial charge in [-0.2, -0.15) is 5.10 Å². The number of nitrogens with one attached hydrogen (secondary N) is 2. The van der Waals surface area contributed by atoms with Crippen molar-refractivity contribution in [3.05, 3.63) is 71.5 Å². The summed E-state index contributed by atoms with van der Waals surface area (Å²) in [6, 6.07) is 17.5. The van der Waals surface area contributed by atoms with Gasteiger partial charge in [-0.05, 0) is 38.1 Å². The Morgan fingerprint density at radius 3 is 2.66 bits per heavy atom. The Morgan fingerprint density at radius 2 is 1.86 bits per heavy atom. The van der Waals surface area contributed by atoms with E-state index >= 15 is 0 Å². The lowest BCUT2D eigenvalue weighted by atomic mass is 10.2. The maximum Gasteiger partial charge on any atom is 0.238 e. The molecule has 1 aromatic heterocycles. The van der Waals surface area contributed by atoms with E-state index in [0.29, 0.717) is 6.54 Å². The van der Waals surface area contributed by atoms with E-state index in [2.05, 4.69) is 15.7 Å². The zero-order chi connectivity index (χ0) is 20.4. The van der Waals surface area contributed by atoms with Crippen LogP contribution in [0.2, 0.25) is 0 Å². The van der Waals surface area contributed by atoms with Crippen molar-refractivity contribution < 1.29 is 9.59 Å². The van der Waals surface area contributed by atoms with Gasteiger partial charge in [-0.15, -0.1) is 11.8 Å². The number of hydrogen-bond acceptors (Lipinski definition) is 4. The van der Waals surface area contributed by atoms with Crippen molar-refractivity contribution >= 4 is 29.3 Å². The molecule has 148 valence electrons. The Balaban J connectivity index is 1.41. The third kappa shape index (κ3) is 4.05. The number of benzene rings is 2. The van der Waals surface area contributed by atoms with Gasteiger partial charge in [0.2, 0.25) is 11.8 Å². The van der Waals surface area contributed by atoms with Gasteiger partial charge in [0.25, 0.3) is 0 Å². The van der Waals surface area contributed by atoms with Crippen LogP contribution in [0.5, 0.6) is 0 Å². The molecule has 1 unspecified atom stereocenters. The minimum atomic E-state index is -0.431. The van der Waals surface area contributed by atoms with Gasteiger partial charge in [0.1, 0.15) is 0 Å². The summed E-state index contributed by atoms with van der Waals surface area (Å²) >= 11 is 1.43. The summed E-state index contributed by atoms with van der Waals surface area (Å²) in [4.78, 5) is 25.8. The Labute approximate surface area is 173 Å². The predicted octanol–water partition coefficient (Wildman–Crippen LogP) is 3.61. The van der Waals surface area contributed by atoms with E-state index in [4.69, 9.17) is 0 Å². The van der Waals surface area contributed by atoms with E-state index in [0.717, 1.165) is 33.2 Å². The van der Waals surface area contributed by atoms with E-state index in [-0.39, 0.29) is 18.2 Å². The van der Waals surface area contributed by atoms with Crippen LogP contribution in [0.1, 0.15) is 23.4 Å². The Hall–Kier alpha value is -3.06. The van der Waals surface area contributed by atoms with Crippen LogP contribution >= 0.6 is 11.8 Å². The molecule has 2 amide bonds. The number of rotatable bonds is 5. The van der Waals surface area contributed by atoms with Crippen molar-refractivity contribution in [1.29, 1.82) is 0 Å². The molecule has 6 nitrogen and oxygen atoms in total. The summed E-state index contributed by atoms with van der Waals surface area (Å²) in [7, 11) is 0. The Morgan fingerprint density at radius 1 is 1.14 bits per heavy atom. The number of carbonyl (C=O) groups excluding carboxylic acids is 2. The summed E-state index contributed by atoms with van der Waals surface area (Å²) in [6.07, 6.45) is 0.135. The van der Waals surface area contributed by atoms with Gasteiger partial charge in [0, 0.05) is 29.1 Å². The second-order valence-corrected chi connectivity index (χ2v) is 8.21. The number of para-hydroxylation sites is 2. The zero-order valence-electron chi connectivity index (χ0n) is 16.3. The second kappa shape index (κ2) is 8.13. The van der Waals surface area contributed by atoms with Crippen molar-refractivity contribution in [2.75, 3.05) is 5.32 Å². The van der Waals surface area contributed by atoms with Crippen molar-refractivity contribution in [2.45, 2.75) is 37.0 Å². The zero-order valence-corrected chi connectivity index (χ0v) is 17.1. The van der Waals surface area contributed by atoms with Crippen LogP contribution in [0.25, 0.3) is 5.69 Å². The monoisotopic (exact) mass is 406 g/mol. The highest BCUT2D eigenvalue weighted by Gasteiger charge is 2.28. The molecule has 0 bridgehead atoms. The van der Waals surface area contributed by atoms with Gasteiger partial charge in [-0.25, -0.2) is 4.68 Å². The number of nitrogens with zero attached hydrogens (tertiary/aromatic N) is 2. The van der Waals surface area contributed by atoms with E-state index in [1.807, 2.05) is 73.1 Å². The number of aromatic nitrogens is 2. The Bertz CT molecular complexity index is 1060. The smallest absolute Gasteiger partial charge is 0.238 e. The lowest BCUT2D eigenvalue weighted by molar-refractivity contribution is -0.124. The van der Waals surface area contributed by atoms with Crippen molar-refractivity contribution in [3.8, 4) is 5.69 Å². The highest BCUT2D eigenvalue weighted by Crippen LogP contribution is 2.36. The molecule has 2 aromatic carbocycles. The van der Waals surface area contributed by atoms with Crippen LogP contribution in [-0.4, -0.2) is 26.8 Å². The minimum Gasteiger partial charge on any atom is -0.352 e. The minimum absolute atomic E-state index is 0.131. The average Bonchev–Trinajstić information content (AvgIpc) is 3.01. The van der Waals surface area contributed by atoms with Crippen LogP contribution in [0.3, 0.4) is 0 Å². The molecule has 4 rings (SSSR count). The van der Waals surface area contributed by atoms with Crippen LogP contribution in [0.4, 0.5) is 5.69 Å². The number of amides is 2. The first kappa shape index (κ1) is 19.3. The molecular formula is C22H22N4O2S. The maximum absolute atomic E-state index is 12.5. The van der Waals surface area contributed by atoms with E-state index in [1.165, 1.54) is 11.8 Å². The van der Waals surface area contributed by atoms with Crippen molar-refractivity contribution in [3.63, 3.8) is 0 Å². The van der Waals surface area contributed by atoms with Crippen LogP contribution < -0.4 is 10.6 Å². The van der Waals surface area contributed by atoms with E-state index in [1.54, 1.807) is 0 Å². The largest absolute Gasteiger partial charge is 0.352 e. The molecule has 29 heavy (non-hydrogen) atoms. The summed E-state index contributed by atoms with van der Waals surface area (Å²) in [5.74, 6) is -0.281. The molecule has 0 spiro atoms. The highest BCUT2D eigenvalue weighted by molar-refractivity contribution is 8.01. The molecular weight excluding hydrogens is 384 g/mol. The summed E-state index contributed by atoms with van der Waals surface area (Å²) < 4.78 is 1.89. The number of hydrogen-bond donors (Lipinski definition) is 2. The van der Waals surface area contributed by atoms with Gasteiger partial charge in [0.05, 0.1) is 22.3 Å². The van der Waals surface area contributed by atoms with E-state index in [9.17, 15) is 9.59 Å². The second-order valence-electron chi connectivity index (χ2n) is 6.97. The van der Waals surface area contributed by atoms with Gasteiger partial charge < -0.3 is 10.6 Å². The first-order valence-corrected chi connectivity index (χ1v) is 10.3. The number of anilines is 1. The number of thioether (sulfide) groups is 1. The molecule has 3 aromatic rings. The molecule has 7 heteroatoms. The molecule has 0 saturated heterocycles. The first-order valence-electron chi connectivity index (χ1n) is 9.46. The highest BCUT2D eigenvalue weighted by atomic mass is 32.2. The van der Waals surface area contributed by atoms with E-state index < -0.39 is 5.25 Å². The lowest BCUT2D eigenvalue weighted by Crippen LogP contribution is -2.34. The maximum atomic E-state index is 12.5. The van der Waals surface area contributed by atoms with Crippen molar-refractivity contribution in [2.24, 2.45) is 0 Å². The molecule has 0 fully saturated rings. The van der Waals surface area contributed by atoms with Gasteiger partial charge in [-0.1, -0.05) is 30.3 Å². The molecule has 1 aliphatic heterocycles. The summed E-state index contributed by atoms with van der Waals surface area (Å²) in [5.41, 5.74) is 4.66. The summed E-state index contributed by atoms with van der Waals surface area (Å²) in [5, 5.41) is 10.0. The van der Waals surface area contributed by atoms with Gasteiger partial charge in [0.15, 0.2) is 0 Å². The third-order valence-corrected chi connectivity index (χ3v) is 6.26. The molecule has 0 saturated carbocycles. The Kier molecular flexibility index (Phi) is 5.40. The van der Waals surface area contributed by atoms with Crippen LogP contribution in [0, 0.1) is 13.8 Å². The standard InChI is InChI=1S/C22H22N4O2S/c1-14-17(15(2)26(25-14)16-8-4-3-5-9-16)13-23-21(27)12-20-22(28)24-18-10-6-7-11-19(18)29-20/h3-11,20H,12-13H2,1-2H3,(H,23,27)(H,24,28). The number of carbonyl (C=O) groups is 2. The SMILES string of the molecule is Cc1nn(-c2ccccc2)c(C)c1CNC(=O)CC1Sc2ccccc2NC1=O. The summed E-state index contributed by atoms with van der Waals surface area (Å²) in [6.45, 7) is 4.32. The first-order chi connectivity index (χ1) is 14.0. The molecule has 1 aliphatic rings. The van der Waals surface area contributed by atoms with Crippen molar-refractivity contribution in [1.82, 2.24) is 15.1 Å². The van der Waals surface area contributed by atoms with Gasteiger partial charge in [-0.3, -0.25) is 9.59 Å². The molecule has 2 N–H and O–H groups in total. The molecule has 0 aliphatic carbocycles. The average molecular weight is 407 g/mol. The molecule has 1 atom stereocenters. The molecule has 0 radical (unpaired) electrons. The molecule has 2 heterocycles. The fraction of sp³-hybridized carbons (Fsp3) is 0.227. The lowest BCUT2D eigenvalue weighted by Gasteiger charge is -2.23. The quantitative estimate of drug-likeness (QED) is 0.679. The third-order valence-electron chi connectivity index (χ3n) is 4.98. The number of aryl methyl sites for hydroxylation is 1. The fourth-order valence-corrected chi connectivity index (χ4v) is 4.52. The number of fused-ring (bicyclic) bond motifs is 1. The topological polar surface area (TPSA) is 76.0 Å². The van der Waals surface area contributed by atoms with Crippen LogP contribution in [-0.2, 0) is 16.1 Å².